The predicted octanol–water partition coefficient (Wildman–Crippen LogP) is 11.9. The van der Waals surface area contributed by atoms with E-state index in [4.69, 9.17) is 25.9 Å². The van der Waals surface area contributed by atoms with E-state index >= 15 is 0 Å². The zero-order valence-electron chi connectivity index (χ0n) is 47.4. The van der Waals surface area contributed by atoms with Crippen molar-refractivity contribution in [1.82, 2.24) is 29.7 Å². The number of ketones is 1. The van der Waals surface area contributed by atoms with E-state index in [0.717, 1.165) is 57.5 Å². The average molecular weight is 1190 g/mol. The van der Waals surface area contributed by atoms with Crippen LogP contribution in [0.25, 0.3) is 44.8 Å². The number of nitrogens with two attached hydrogens (primary N) is 1. The molecule has 22 heteroatoms. The van der Waals surface area contributed by atoms with Crippen LogP contribution in [-0.2, 0) is 44.6 Å². The molecule has 0 unspecified atom stereocenters. The number of Topliss-reactive ketones (excluding diaryl/α,β-unsaturated/α-hetero) is 1. The molecule has 2 saturated heterocycles. The summed E-state index contributed by atoms with van der Waals surface area (Å²) in [6.07, 6.45) is 2.15. The third-order valence-corrected chi connectivity index (χ3v) is 16.2. The highest BCUT2D eigenvalue weighted by Crippen LogP contribution is 2.31. The van der Waals surface area contributed by atoms with Crippen LogP contribution in [0.2, 0.25) is 0 Å². The predicted molar refractivity (Wildman–Crippen MR) is 323 cm³/mol. The number of amides is 3. The van der Waals surface area contributed by atoms with Crippen molar-refractivity contribution in [3.63, 3.8) is 0 Å². The molecule has 6 N–H and O–H groups in total. The lowest BCUT2D eigenvalue weighted by Gasteiger charge is -2.28. The van der Waals surface area contributed by atoms with Gasteiger partial charge < -0.3 is 30.5 Å². The van der Waals surface area contributed by atoms with Crippen molar-refractivity contribution >= 4 is 92.8 Å². The van der Waals surface area contributed by atoms with Gasteiger partial charge in [-0.05, 0) is 159 Å². The Bertz CT molecular complexity index is 3880. The molecule has 0 aliphatic carbocycles. The van der Waals surface area contributed by atoms with E-state index in [0.29, 0.717) is 59.9 Å². The van der Waals surface area contributed by atoms with Gasteiger partial charge in [0.2, 0.25) is 5.91 Å². The second kappa shape index (κ2) is 25.1. The second-order valence-electron chi connectivity index (χ2n) is 22.4. The number of aryl methyl sites for hydroxylation is 2. The number of hydrogen-bond donors (Lipinski definition) is 5. The number of anilines is 3. The number of benzene rings is 6. The van der Waals surface area contributed by atoms with Crippen LogP contribution in [-0.4, -0.2) is 107 Å². The van der Waals surface area contributed by atoms with Crippen LogP contribution in [0.5, 0.6) is 0 Å². The zero-order chi connectivity index (χ0) is 60.0. The molecule has 2 aromatic heterocycles. The number of likely N-dealkylation sites (tertiary alicyclic amines) is 2. The van der Waals surface area contributed by atoms with Crippen molar-refractivity contribution in [2.24, 2.45) is 0 Å². The lowest BCUT2D eigenvalue weighted by Crippen LogP contribution is -2.45. The number of sulfonamides is 1. The van der Waals surface area contributed by atoms with Crippen LogP contribution in [0.4, 0.5) is 26.7 Å². The molecule has 0 spiro atoms. The van der Waals surface area contributed by atoms with E-state index in [1.54, 1.807) is 86.3 Å². The van der Waals surface area contributed by atoms with Crippen molar-refractivity contribution in [2.75, 3.05) is 28.9 Å². The molecule has 0 bridgehead atoms. The van der Waals surface area contributed by atoms with Gasteiger partial charge in [-0.15, -0.1) is 0 Å². The number of halogens is 1. The van der Waals surface area contributed by atoms with Crippen LogP contribution in [0.15, 0.2) is 143 Å². The van der Waals surface area contributed by atoms with Crippen molar-refractivity contribution in [3.8, 4) is 22.8 Å². The van der Waals surface area contributed by atoms with Gasteiger partial charge in [-0.3, -0.25) is 24.1 Å². The molecule has 4 heterocycles. The highest BCUT2D eigenvalue weighted by Gasteiger charge is 2.38. The van der Waals surface area contributed by atoms with Crippen molar-refractivity contribution < 1.29 is 45.5 Å². The molecule has 0 radical (unpaired) electrons. The number of rotatable bonds is 11. The van der Waals surface area contributed by atoms with Gasteiger partial charge >= 0.3 is 12.2 Å². The number of nitrogen functional groups attached to an aromatic ring is 1. The van der Waals surface area contributed by atoms with Gasteiger partial charge in [0, 0.05) is 47.0 Å². The van der Waals surface area contributed by atoms with Crippen LogP contribution < -0.4 is 15.8 Å². The van der Waals surface area contributed by atoms with Crippen LogP contribution in [0.3, 0.4) is 0 Å². The first-order valence-electron chi connectivity index (χ1n) is 27.0. The summed E-state index contributed by atoms with van der Waals surface area (Å²) in [4.78, 5) is 70.1. The number of imidazole rings is 2. The average Bonchev–Trinajstić information content (AvgIpc) is 3.79. The maximum Gasteiger partial charge on any atom is 0.410 e. The number of hydrogen-bond acceptors (Lipinski definition) is 13. The first-order valence-corrected chi connectivity index (χ1v) is 30.8. The second-order valence-corrected chi connectivity index (χ2v) is 26.6. The van der Waals surface area contributed by atoms with Crippen molar-refractivity contribution in [2.45, 2.75) is 121 Å². The number of aromatic amines is 2. The lowest BCUT2D eigenvalue weighted by atomic mass is 10.0. The van der Waals surface area contributed by atoms with Crippen LogP contribution in [0.1, 0.15) is 83.9 Å². The summed E-state index contributed by atoms with van der Waals surface area (Å²) in [5.74, 6) is 1.05. The number of aromatic nitrogens is 4. The number of fused-ring (bicyclic) bond motifs is 2. The summed E-state index contributed by atoms with van der Waals surface area (Å²) in [7, 11) is -2.26. The monoisotopic (exact) mass is 1190 g/mol. The molecule has 83 heavy (non-hydrogen) atoms. The molecule has 6 aromatic carbocycles. The van der Waals surface area contributed by atoms with Gasteiger partial charge in [-0.1, -0.05) is 71.8 Å². The SMILES string of the molecule is CC(C)(C)OC(=O)N1CCC[C@H]1C(=O)Cc1ccc(-c2nc3c(N)cccc3[nH]2)cc1.Cc1ccc(S(=O)(=O)Cl)cc1.Cc1ccc(S(=O)(=O)Nc2cccc3[nH]c(-c4ccc(NC(=O)[C@@H]5CCCN5C(=O)OC(C)(C)C)cc4)nc23)cc1. The summed E-state index contributed by atoms with van der Waals surface area (Å²) in [6, 6.07) is 37.7. The normalized spacial score (nSPS) is 15.4. The molecule has 3 amide bonds. The van der Waals surface area contributed by atoms with E-state index in [1.165, 1.54) is 17.0 Å². The summed E-state index contributed by atoms with van der Waals surface area (Å²) >= 11 is 0. The topological polar surface area (TPSA) is 269 Å². The number of H-pyrrole nitrogens is 2. The van der Waals surface area contributed by atoms with Gasteiger partial charge in [0.25, 0.3) is 19.1 Å². The summed E-state index contributed by atoms with van der Waals surface area (Å²) in [5.41, 5.74) is 13.7. The number of ether oxygens (including phenoxy) is 2. The zero-order valence-corrected chi connectivity index (χ0v) is 49.8. The molecular formula is C61H68ClN9O10S2. The highest BCUT2D eigenvalue weighted by molar-refractivity contribution is 8.13. The quantitative estimate of drug-likeness (QED) is 0.0596. The number of nitrogens with zero attached hydrogens (tertiary/aromatic N) is 4. The first-order chi connectivity index (χ1) is 39.1. The largest absolute Gasteiger partial charge is 0.444 e. The molecule has 8 aromatic rings. The molecule has 2 atom stereocenters. The molecule has 2 aliphatic rings. The Labute approximate surface area is 487 Å². The molecular weight excluding hydrogens is 1120 g/mol. The Kier molecular flexibility index (Phi) is 18.4. The Morgan fingerprint density at radius 2 is 1.10 bits per heavy atom. The van der Waals surface area contributed by atoms with Crippen LogP contribution >= 0.6 is 10.7 Å². The smallest absolute Gasteiger partial charge is 0.410 e. The van der Waals surface area contributed by atoms with E-state index in [2.05, 4.69) is 30.0 Å². The molecule has 19 nitrogen and oxygen atoms in total. The number of carbonyl (C=O) groups excluding carboxylic acids is 4. The third kappa shape index (κ3) is 15.8. The summed E-state index contributed by atoms with van der Waals surface area (Å²) in [5, 5.41) is 2.89. The Morgan fingerprint density at radius 3 is 1.61 bits per heavy atom. The molecule has 10 rings (SSSR count). The Hall–Kier alpha value is -8.27. The molecule has 436 valence electrons. The minimum atomic E-state index is -3.80. The van der Waals surface area contributed by atoms with Gasteiger partial charge in [0.15, 0.2) is 5.78 Å². The summed E-state index contributed by atoms with van der Waals surface area (Å²) < 4.78 is 60.9. The number of nitrogens with one attached hydrogen (secondary N) is 4. The van der Waals surface area contributed by atoms with E-state index < -0.39 is 54.5 Å². The fourth-order valence-electron chi connectivity index (χ4n) is 9.32. The molecule has 2 fully saturated rings. The number of para-hydroxylation sites is 2. The Balaban J connectivity index is 0.000000188. The summed E-state index contributed by atoms with van der Waals surface area (Å²) in [6.45, 7) is 15.7. The first kappa shape index (κ1) is 60.8. The highest BCUT2D eigenvalue weighted by atomic mass is 35.7. The Morgan fingerprint density at radius 1 is 0.627 bits per heavy atom. The standard InChI is InChI=1S/C30H33N5O5S.C24H28N4O3.C7H7ClO2S/c1-19-10-16-22(17-11-19)41(38,39)34-24-8-5-7-23-26(24)33-27(32-23)20-12-14-21(15-13-20)31-28(36)25-9-6-18-35(25)29(37)40-30(2,3)4;1-24(2,3)31-23(30)28-13-5-8-19(28)20(29)14-15-9-11-16(12-10-15)22-26-18-7-4-6-17(25)21(18)27-22;1-6-2-4-7(5-3-6)11(8,9)10/h5,7-8,10-17,25,34H,6,9,18H2,1-4H3,(H,31,36)(H,32,33);4,6-7,9-12,19H,5,8,13-14,25H2,1-3H3,(H,26,27);2-5H,1H3/t25-;19-;/m00./s1. The van der Waals surface area contributed by atoms with E-state index in [-0.39, 0.29) is 27.9 Å². The maximum atomic E-state index is 13.0. The molecule has 0 saturated carbocycles. The van der Waals surface area contributed by atoms with Crippen molar-refractivity contribution in [1.29, 1.82) is 0 Å². The minimum Gasteiger partial charge on any atom is -0.444 e. The van der Waals surface area contributed by atoms with Gasteiger partial charge in [-0.25, -0.2) is 36.4 Å². The number of carbonyl (C=O) groups is 4. The van der Waals surface area contributed by atoms with Crippen molar-refractivity contribution in [3.05, 3.63) is 150 Å². The van der Waals surface area contributed by atoms with E-state index in [9.17, 15) is 36.0 Å². The molecule has 2 aliphatic heterocycles. The maximum absolute atomic E-state index is 13.0. The fourth-order valence-corrected chi connectivity index (χ4v) is 11.2. The van der Waals surface area contributed by atoms with E-state index in [1.807, 2.05) is 95.3 Å². The van der Waals surface area contributed by atoms with Crippen LogP contribution in [0, 0.1) is 13.8 Å². The fraction of sp³-hybridized carbons (Fsp3) is 0.311. The third-order valence-electron chi connectivity index (χ3n) is 13.4. The lowest BCUT2D eigenvalue weighted by molar-refractivity contribution is -0.122. The van der Waals surface area contributed by atoms with Gasteiger partial charge in [-0.2, -0.15) is 0 Å². The minimum absolute atomic E-state index is 0.0348. The van der Waals surface area contributed by atoms with Gasteiger partial charge in [0.1, 0.15) is 39.9 Å². The van der Waals surface area contributed by atoms with Gasteiger partial charge in [0.05, 0.1) is 38.2 Å².